The van der Waals surface area contributed by atoms with Gasteiger partial charge in [0.05, 0.1) is 13.2 Å². The molecule has 0 unspecified atom stereocenters. The van der Waals surface area contributed by atoms with Gasteiger partial charge in [0, 0.05) is 25.8 Å². The molecule has 10 heteroatoms. The quantitative estimate of drug-likeness (QED) is 0.543. The second-order valence-corrected chi connectivity index (χ2v) is 8.37. The monoisotopic (exact) mass is 435 g/mol. The second-order valence-electron chi connectivity index (χ2n) is 8.37. The number of nitrogens with zero attached hydrogens (tertiary/aromatic N) is 2. The Morgan fingerprint density at radius 2 is 1.81 bits per heavy atom. The lowest BCUT2D eigenvalue weighted by Gasteiger charge is -2.30. The SMILES string of the molecule is COC(=O)[C@H](NC(=O)[C@@H]1[C@@H](NC(=O)NC(C)C)CCN1C(=O)c1cccn1C)C(C)C. The van der Waals surface area contributed by atoms with Crippen LogP contribution >= 0.6 is 0 Å². The zero-order valence-electron chi connectivity index (χ0n) is 19.0. The van der Waals surface area contributed by atoms with Crippen LogP contribution in [0, 0.1) is 5.92 Å². The summed E-state index contributed by atoms with van der Waals surface area (Å²) in [6.07, 6.45) is 2.15. The third-order valence-corrected chi connectivity index (χ3v) is 5.25. The van der Waals surface area contributed by atoms with Crippen LogP contribution in [0.1, 0.15) is 44.6 Å². The van der Waals surface area contributed by atoms with Gasteiger partial charge in [-0.2, -0.15) is 0 Å². The Morgan fingerprint density at radius 1 is 1.13 bits per heavy atom. The molecular formula is C21H33N5O5. The van der Waals surface area contributed by atoms with Gasteiger partial charge in [-0.15, -0.1) is 0 Å². The number of hydrogen-bond donors (Lipinski definition) is 3. The lowest BCUT2D eigenvalue weighted by molar-refractivity contribution is -0.146. The Bertz CT molecular complexity index is 819. The second kappa shape index (κ2) is 10.3. The van der Waals surface area contributed by atoms with Crippen LogP contribution in [0.3, 0.4) is 0 Å². The minimum absolute atomic E-state index is 0.0839. The number of hydrogen-bond acceptors (Lipinski definition) is 5. The van der Waals surface area contributed by atoms with E-state index in [0.717, 1.165) is 0 Å². The normalized spacial score (nSPS) is 19.3. The summed E-state index contributed by atoms with van der Waals surface area (Å²) in [4.78, 5) is 52.3. The Hall–Kier alpha value is -3.04. The number of carbonyl (C=O) groups excluding carboxylic acids is 4. The van der Waals surface area contributed by atoms with Crippen LogP contribution in [0.2, 0.25) is 0 Å². The van der Waals surface area contributed by atoms with Crippen LogP contribution < -0.4 is 16.0 Å². The fourth-order valence-electron chi connectivity index (χ4n) is 3.66. The Morgan fingerprint density at radius 3 is 2.32 bits per heavy atom. The fraction of sp³-hybridized carbons (Fsp3) is 0.619. The summed E-state index contributed by atoms with van der Waals surface area (Å²) >= 11 is 0. The first kappa shape index (κ1) is 24.2. The van der Waals surface area contributed by atoms with Crippen molar-refractivity contribution in [2.45, 2.75) is 58.3 Å². The van der Waals surface area contributed by atoms with Crippen molar-refractivity contribution in [1.29, 1.82) is 0 Å². The highest BCUT2D eigenvalue weighted by atomic mass is 16.5. The molecule has 0 bridgehead atoms. The molecule has 2 heterocycles. The van der Waals surface area contributed by atoms with E-state index in [0.29, 0.717) is 18.7 Å². The van der Waals surface area contributed by atoms with Crippen molar-refractivity contribution in [3.8, 4) is 0 Å². The van der Waals surface area contributed by atoms with Crippen LogP contribution in [0.5, 0.6) is 0 Å². The van der Waals surface area contributed by atoms with Crippen molar-refractivity contribution in [2.75, 3.05) is 13.7 Å². The van der Waals surface area contributed by atoms with Crippen LogP contribution in [0.4, 0.5) is 4.79 Å². The van der Waals surface area contributed by atoms with E-state index in [4.69, 9.17) is 4.74 Å². The number of likely N-dealkylation sites (tertiary alicyclic amines) is 1. The van der Waals surface area contributed by atoms with Crippen LogP contribution in [-0.4, -0.2) is 71.1 Å². The number of nitrogens with one attached hydrogen (secondary N) is 3. The van der Waals surface area contributed by atoms with Crippen molar-refractivity contribution in [1.82, 2.24) is 25.4 Å². The first-order chi connectivity index (χ1) is 14.6. The zero-order valence-corrected chi connectivity index (χ0v) is 19.0. The summed E-state index contributed by atoms with van der Waals surface area (Å²) in [6, 6.07) is 0.485. The number of ether oxygens (including phenoxy) is 1. The molecule has 0 aromatic carbocycles. The van der Waals surface area contributed by atoms with Crippen molar-refractivity contribution in [3.63, 3.8) is 0 Å². The maximum atomic E-state index is 13.3. The van der Waals surface area contributed by atoms with Gasteiger partial charge in [-0.25, -0.2) is 9.59 Å². The summed E-state index contributed by atoms with van der Waals surface area (Å²) in [6.45, 7) is 7.52. The van der Waals surface area contributed by atoms with Crippen LogP contribution in [0.15, 0.2) is 18.3 Å². The Balaban J connectivity index is 2.30. The molecule has 2 rings (SSSR count). The maximum absolute atomic E-state index is 13.3. The molecule has 4 amide bonds. The van der Waals surface area contributed by atoms with E-state index < -0.39 is 36.0 Å². The smallest absolute Gasteiger partial charge is 0.328 e. The maximum Gasteiger partial charge on any atom is 0.328 e. The molecule has 1 aliphatic rings. The van der Waals surface area contributed by atoms with E-state index in [1.165, 1.54) is 12.0 Å². The predicted molar refractivity (Wildman–Crippen MR) is 114 cm³/mol. The minimum Gasteiger partial charge on any atom is -0.467 e. The third-order valence-electron chi connectivity index (χ3n) is 5.25. The molecule has 0 spiro atoms. The molecule has 1 aromatic heterocycles. The van der Waals surface area contributed by atoms with Gasteiger partial charge in [-0.3, -0.25) is 9.59 Å². The van der Waals surface area contributed by atoms with Gasteiger partial charge < -0.3 is 30.2 Å². The van der Waals surface area contributed by atoms with Crippen molar-refractivity contribution in [2.24, 2.45) is 13.0 Å². The Kier molecular flexibility index (Phi) is 8.07. The topological polar surface area (TPSA) is 122 Å². The van der Waals surface area contributed by atoms with E-state index in [2.05, 4.69) is 16.0 Å². The summed E-state index contributed by atoms with van der Waals surface area (Å²) in [5.41, 5.74) is 0.429. The van der Waals surface area contributed by atoms with Gasteiger partial charge >= 0.3 is 12.0 Å². The summed E-state index contributed by atoms with van der Waals surface area (Å²) in [7, 11) is 3.00. The average Bonchev–Trinajstić information content (AvgIpc) is 3.30. The fourth-order valence-corrected chi connectivity index (χ4v) is 3.66. The number of amides is 4. The molecule has 31 heavy (non-hydrogen) atoms. The summed E-state index contributed by atoms with van der Waals surface area (Å²) in [5, 5.41) is 8.25. The summed E-state index contributed by atoms with van der Waals surface area (Å²) < 4.78 is 6.48. The minimum atomic E-state index is -0.966. The van der Waals surface area contributed by atoms with Crippen molar-refractivity contribution < 1.29 is 23.9 Å². The van der Waals surface area contributed by atoms with E-state index in [-0.39, 0.29) is 17.9 Å². The molecule has 1 fully saturated rings. The first-order valence-corrected chi connectivity index (χ1v) is 10.4. The van der Waals surface area contributed by atoms with Gasteiger partial charge in [0.15, 0.2) is 0 Å². The lowest BCUT2D eigenvalue weighted by Crippen LogP contribution is -2.59. The average molecular weight is 436 g/mol. The molecule has 3 atom stereocenters. The number of methoxy groups -OCH3 is 1. The van der Waals surface area contributed by atoms with Gasteiger partial charge in [0.1, 0.15) is 17.8 Å². The molecule has 3 N–H and O–H groups in total. The van der Waals surface area contributed by atoms with Crippen molar-refractivity contribution >= 4 is 23.8 Å². The first-order valence-electron chi connectivity index (χ1n) is 10.4. The van der Waals surface area contributed by atoms with Gasteiger partial charge in [-0.05, 0) is 38.3 Å². The Labute approximate surface area is 182 Å². The van der Waals surface area contributed by atoms with Crippen LogP contribution in [-0.2, 0) is 21.4 Å². The zero-order chi connectivity index (χ0) is 23.3. The molecule has 0 radical (unpaired) electrons. The number of rotatable bonds is 7. The molecule has 10 nitrogen and oxygen atoms in total. The van der Waals surface area contributed by atoms with E-state index >= 15 is 0 Å². The highest BCUT2D eigenvalue weighted by molar-refractivity contribution is 5.98. The number of urea groups is 1. The number of esters is 1. The van der Waals surface area contributed by atoms with Gasteiger partial charge in [-0.1, -0.05) is 13.8 Å². The van der Waals surface area contributed by atoms with E-state index in [9.17, 15) is 19.2 Å². The highest BCUT2D eigenvalue weighted by Gasteiger charge is 2.44. The predicted octanol–water partition coefficient (Wildman–Crippen LogP) is 0.630. The molecule has 172 valence electrons. The highest BCUT2D eigenvalue weighted by Crippen LogP contribution is 2.22. The van der Waals surface area contributed by atoms with Gasteiger partial charge in [0.2, 0.25) is 5.91 Å². The molecule has 1 aliphatic heterocycles. The van der Waals surface area contributed by atoms with Crippen LogP contribution in [0.25, 0.3) is 0 Å². The lowest BCUT2D eigenvalue weighted by atomic mass is 10.0. The largest absolute Gasteiger partial charge is 0.467 e. The molecule has 1 saturated heterocycles. The summed E-state index contributed by atoms with van der Waals surface area (Å²) in [5.74, 6) is -1.62. The standard InChI is InChI=1S/C21H33N5O5/c1-12(2)16(20(29)31-6)24-18(27)17-14(23-21(30)22-13(3)4)9-11-26(17)19(28)15-8-7-10-25(15)5/h7-8,10,12-14,16-17H,9,11H2,1-6H3,(H,24,27)(H2,22,23,30)/t14-,16+,17-/m0/s1. The third kappa shape index (κ3) is 5.77. The van der Waals surface area contributed by atoms with E-state index in [1.807, 2.05) is 13.8 Å². The molecule has 0 saturated carbocycles. The number of aryl methyl sites for hydroxylation is 1. The molecule has 1 aromatic rings. The van der Waals surface area contributed by atoms with Gasteiger partial charge in [0.25, 0.3) is 5.91 Å². The molecule has 0 aliphatic carbocycles. The molecular weight excluding hydrogens is 402 g/mol. The number of carbonyl (C=O) groups is 4. The number of aromatic nitrogens is 1. The van der Waals surface area contributed by atoms with E-state index in [1.54, 1.807) is 43.8 Å². The van der Waals surface area contributed by atoms with Crippen molar-refractivity contribution in [3.05, 3.63) is 24.0 Å².